The Balaban J connectivity index is 2.11. The highest BCUT2D eigenvalue weighted by atomic mass is 19.4. The minimum absolute atomic E-state index is 0.240. The van der Waals surface area contributed by atoms with Gasteiger partial charge in [-0.05, 0) is 30.9 Å². The third-order valence-electron chi connectivity index (χ3n) is 4.42. The number of urea groups is 1. The van der Waals surface area contributed by atoms with Gasteiger partial charge in [0, 0.05) is 6.07 Å². The molecule has 1 aliphatic carbocycles. The summed E-state index contributed by atoms with van der Waals surface area (Å²) in [7, 11) is 2.86. The van der Waals surface area contributed by atoms with E-state index in [-0.39, 0.29) is 5.69 Å². The van der Waals surface area contributed by atoms with Crippen molar-refractivity contribution in [3.05, 3.63) is 18.2 Å². The summed E-state index contributed by atoms with van der Waals surface area (Å²) in [6.45, 7) is 0. The number of anilines is 1. The molecule has 0 radical (unpaired) electrons. The molecule has 1 aromatic carbocycles. The highest BCUT2D eigenvalue weighted by molar-refractivity contribution is 5.91. The predicted molar refractivity (Wildman–Crippen MR) is 88.1 cm³/mol. The molecule has 1 atom stereocenters. The third kappa shape index (κ3) is 5.17. The van der Waals surface area contributed by atoms with Crippen LogP contribution in [0.3, 0.4) is 0 Å². The molecular formula is C17H23F3N2O3. The van der Waals surface area contributed by atoms with Gasteiger partial charge in [-0.2, -0.15) is 13.2 Å². The lowest BCUT2D eigenvalue weighted by Gasteiger charge is -2.32. The minimum atomic E-state index is -4.49. The van der Waals surface area contributed by atoms with Gasteiger partial charge >= 0.3 is 12.2 Å². The Kier molecular flexibility index (Phi) is 6.39. The van der Waals surface area contributed by atoms with E-state index in [0.29, 0.717) is 24.3 Å². The zero-order chi connectivity index (χ0) is 18.4. The van der Waals surface area contributed by atoms with Crippen LogP contribution in [0.25, 0.3) is 0 Å². The molecule has 0 aromatic heterocycles. The Morgan fingerprint density at radius 2 is 1.84 bits per heavy atom. The van der Waals surface area contributed by atoms with E-state index in [1.807, 2.05) is 0 Å². The molecule has 0 bridgehead atoms. The molecule has 5 nitrogen and oxygen atoms in total. The lowest BCUT2D eigenvalue weighted by atomic mass is 9.83. The lowest BCUT2D eigenvalue weighted by Crippen LogP contribution is -2.51. The molecule has 0 heterocycles. The number of nitrogens with one attached hydrogen (secondary N) is 2. The molecule has 0 aliphatic heterocycles. The van der Waals surface area contributed by atoms with Crippen LogP contribution in [0.5, 0.6) is 11.5 Å². The Morgan fingerprint density at radius 3 is 2.40 bits per heavy atom. The van der Waals surface area contributed by atoms with Crippen LogP contribution in [0.1, 0.15) is 32.1 Å². The van der Waals surface area contributed by atoms with Crippen molar-refractivity contribution in [1.82, 2.24) is 5.32 Å². The van der Waals surface area contributed by atoms with Gasteiger partial charge < -0.3 is 20.1 Å². The topological polar surface area (TPSA) is 59.6 Å². The largest absolute Gasteiger partial charge is 0.497 e. The van der Waals surface area contributed by atoms with Crippen LogP contribution in [-0.4, -0.2) is 32.5 Å². The van der Waals surface area contributed by atoms with Gasteiger partial charge in [0.15, 0.2) is 0 Å². The van der Waals surface area contributed by atoms with E-state index in [4.69, 9.17) is 9.47 Å². The van der Waals surface area contributed by atoms with E-state index < -0.39 is 24.2 Å². The van der Waals surface area contributed by atoms with Crippen molar-refractivity contribution < 1.29 is 27.4 Å². The van der Waals surface area contributed by atoms with Crippen molar-refractivity contribution in [3.8, 4) is 11.5 Å². The Morgan fingerprint density at radius 1 is 1.16 bits per heavy atom. The zero-order valence-corrected chi connectivity index (χ0v) is 14.3. The Bertz CT molecular complexity index is 587. The number of amides is 2. The van der Waals surface area contributed by atoms with Crippen LogP contribution in [0.2, 0.25) is 0 Å². The number of hydrogen-bond donors (Lipinski definition) is 2. The number of alkyl halides is 3. The average molecular weight is 360 g/mol. The summed E-state index contributed by atoms with van der Waals surface area (Å²) >= 11 is 0. The summed E-state index contributed by atoms with van der Waals surface area (Å²) in [5, 5.41) is 4.52. The van der Waals surface area contributed by atoms with Crippen LogP contribution in [0.4, 0.5) is 23.7 Å². The van der Waals surface area contributed by atoms with Crippen LogP contribution < -0.4 is 20.1 Å². The standard InChI is InChI=1S/C17H23F3N2O3/c1-24-12-8-9-14(25-2)13(10-12)21-16(23)22-15(17(18,19)20)11-6-4-3-5-7-11/h8-11,15H,3-7H2,1-2H3,(H2,21,22,23)/t15-/m1/s1. The number of carbonyl (C=O) groups excluding carboxylic acids is 1. The van der Waals surface area contributed by atoms with E-state index in [1.54, 1.807) is 12.1 Å². The number of ether oxygens (including phenoxy) is 2. The summed E-state index contributed by atoms with van der Waals surface area (Å²) in [6.07, 6.45) is -1.11. The second-order valence-corrected chi connectivity index (χ2v) is 6.08. The number of carbonyl (C=O) groups is 1. The normalized spacial score (nSPS) is 16.8. The first kappa shape index (κ1) is 19.2. The summed E-state index contributed by atoms with van der Waals surface area (Å²) in [6, 6.07) is 1.91. The molecule has 1 fully saturated rings. The molecule has 140 valence electrons. The van der Waals surface area contributed by atoms with Gasteiger partial charge in [0.25, 0.3) is 0 Å². The second-order valence-electron chi connectivity index (χ2n) is 6.08. The highest BCUT2D eigenvalue weighted by Crippen LogP contribution is 2.35. The van der Waals surface area contributed by atoms with E-state index in [2.05, 4.69) is 10.6 Å². The van der Waals surface area contributed by atoms with Crippen LogP contribution in [0.15, 0.2) is 18.2 Å². The maximum atomic E-state index is 13.4. The first-order valence-electron chi connectivity index (χ1n) is 8.21. The molecule has 25 heavy (non-hydrogen) atoms. The van der Waals surface area contributed by atoms with Crippen molar-refractivity contribution in [2.24, 2.45) is 5.92 Å². The maximum Gasteiger partial charge on any atom is 0.408 e. The van der Waals surface area contributed by atoms with Crippen molar-refractivity contribution in [1.29, 1.82) is 0 Å². The van der Waals surface area contributed by atoms with Gasteiger partial charge in [0.05, 0.1) is 19.9 Å². The first-order valence-corrected chi connectivity index (χ1v) is 8.21. The summed E-state index contributed by atoms with van der Waals surface area (Å²) < 4.78 is 50.3. The molecule has 1 saturated carbocycles. The van der Waals surface area contributed by atoms with Gasteiger partial charge in [-0.1, -0.05) is 19.3 Å². The fraction of sp³-hybridized carbons (Fsp3) is 0.588. The van der Waals surface area contributed by atoms with Gasteiger partial charge in [0.1, 0.15) is 17.5 Å². The Hall–Kier alpha value is -2.12. The molecule has 8 heteroatoms. The molecule has 0 saturated heterocycles. The number of methoxy groups -OCH3 is 2. The van der Waals surface area contributed by atoms with E-state index in [1.165, 1.54) is 20.3 Å². The van der Waals surface area contributed by atoms with Gasteiger partial charge in [0.2, 0.25) is 0 Å². The molecule has 2 rings (SSSR count). The Labute approximate surface area is 144 Å². The van der Waals surface area contributed by atoms with Gasteiger partial charge in [-0.15, -0.1) is 0 Å². The van der Waals surface area contributed by atoms with Crippen LogP contribution >= 0.6 is 0 Å². The predicted octanol–water partition coefficient (Wildman–Crippen LogP) is 4.34. The van der Waals surface area contributed by atoms with Crippen molar-refractivity contribution >= 4 is 11.7 Å². The first-order chi connectivity index (χ1) is 11.8. The zero-order valence-electron chi connectivity index (χ0n) is 14.3. The maximum absolute atomic E-state index is 13.4. The summed E-state index contributed by atoms with van der Waals surface area (Å²) in [5.41, 5.74) is 0.240. The van der Waals surface area contributed by atoms with Gasteiger partial charge in [-0.25, -0.2) is 4.79 Å². The van der Waals surface area contributed by atoms with Crippen LogP contribution in [0, 0.1) is 5.92 Å². The van der Waals surface area contributed by atoms with Crippen molar-refractivity contribution in [2.45, 2.75) is 44.3 Å². The quantitative estimate of drug-likeness (QED) is 0.821. The van der Waals surface area contributed by atoms with E-state index >= 15 is 0 Å². The number of benzene rings is 1. The van der Waals surface area contributed by atoms with Crippen molar-refractivity contribution in [2.75, 3.05) is 19.5 Å². The molecule has 2 amide bonds. The minimum Gasteiger partial charge on any atom is -0.497 e. The lowest BCUT2D eigenvalue weighted by molar-refractivity contribution is -0.167. The monoisotopic (exact) mass is 360 g/mol. The SMILES string of the molecule is COc1ccc(OC)c(NC(=O)N[C@H](C2CCCCC2)C(F)(F)F)c1. The fourth-order valence-corrected chi connectivity index (χ4v) is 3.15. The third-order valence-corrected chi connectivity index (χ3v) is 4.42. The highest BCUT2D eigenvalue weighted by Gasteiger charge is 2.45. The molecule has 0 unspecified atom stereocenters. The fourth-order valence-electron chi connectivity index (χ4n) is 3.15. The second kappa shape index (κ2) is 8.31. The summed E-state index contributed by atoms with van der Waals surface area (Å²) in [5.74, 6) is 0.194. The molecule has 0 spiro atoms. The molecule has 1 aliphatic rings. The smallest absolute Gasteiger partial charge is 0.408 e. The van der Waals surface area contributed by atoms with Gasteiger partial charge in [-0.3, -0.25) is 0 Å². The number of hydrogen-bond acceptors (Lipinski definition) is 3. The number of halogens is 3. The van der Waals surface area contributed by atoms with E-state index in [0.717, 1.165) is 19.3 Å². The molecule has 1 aromatic rings. The van der Waals surface area contributed by atoms with Crippen molar-refractivity contribution in [3.63, 3.8) is 0 Å². The molecule has 2 N–H and O–H groups in total. The van der Waals surface area contributed by atoms with Crippen LogP contribution in [-0.2, 0) is 0 Å². The number of rotatable bonds is 5. The summed E-state index contributed by atoms with van der Waals surface area (Å²) in [4.78, 5) is 12.2. The van der Waals surface area contributed by atoms with E-state index in [9.17, 15) is 18.0 Å². The average Bonchev–Trinajstić information content (AvgIpc) is 2.59. The molecular weight excluding hydrogens is 337 g/mol.